The van der Waals surface area contributed by atoms with E-state index in [1.165, 1.54) is 0 Å². The molecule has 0 heterocycles. The molecule has 2 aromatic rings. The number of anilines is 1. The van der Waals surface area contributed by atoms with Crippen molar-refractivity contribution in [1.82, 2.24) is 0 Å². The van der Waals surface area contributed by atoms with Gasteiger partial charge in [0.15, 0.2) is 0 Å². The molecule has 0 aromatic heterocycles. The number of methoxy groups -OCH3 is 1. The maximum atomic E-state index is 6.12. The summed E-state index contributed by atoms with van der Waals surface area (Å²) >= 11 is 11.2. The quantitative estimate of drug-likeness (QED) is 0.829. The smallest absolute Gasteiger partial charge is 0.118 e. The van der Waals surface area contributed by atoms with Crippen molar-refractivity contribution in [2.45, 2.75) is 6.54 Å². The first-order valence-corrected chi connectivity index (χ1v) is 6.85. The number of nitrogens with one attached hydrogen (secondary N) is 1. The summed E-state index contributed by atoms with van der Waals surface area (Å²) < 4.78 is 5.13. The predicted molar refractivity (Wildman–Crippen MR) is 87.7 cm³/mol. The molecule has 2 aromatic carbocycles. The molecule has 0 amide bonds. The lowest BCUT2D eigenvalue weighted by Crippen LogP contribution is -2.14. The standard InChI is InChI=1S/C15H15ClN2OS/c1-19-11-7-5-10(6-8-11)9-18-13-4-2-3-12(16)14(13)15(17)20/h2-8,18H,9H2,1H3,(H2,17,20). The highest BCUT2D eigenvalue weighted by Gasteiger charge is 2.09. The van der Waals surface area contributed by atoms with Gasteiger partial charge >= 0.3 is 0 Å². The highest BCUT2D eigenvalue weighted by atomic mass is 35.5. The van der Waals surface area contributed by atoms with Crippen molar-refractivity contribution in [3.05, 3.63) is 58.6 Å². The lowest BCUT2D eigenvalue weighted by molar-refractivity contribution is 0.414. The van der Waals surface area contributed by atoms with Gasteiger partial charge in [0.2, 0.25) is 0 Å². The molecule has 0 saturated carbocycles. The molecular formula is C15H15ClN2OS. The molecule has 0 aliphatic rings. The number of halogens is 1. The molecular weight excluding hydrogens is 292 g/mol. The predicted octanol–water partition coefficient (Wildman–Crippen LogP) is 3.59. The van der Waals surface area contributed by atoms with Crippen LogP contribution in [0.2, 0.25) is 5.02 Å². The average molecular weight is 307 g/mol. The van der Waals surface area contributed by atoms with Crippen LogP contribution in [0.5, 0.6) is 5.75 Å². The molecule has 0 saturated heterocycles. The zero-order valence-electron chi connectivity index (χ0n) is 11.0. The van der Waals surface area contributed by atoms with Gasteiger partial charge in [-0.15, -0.1) is 0 Å². The van der Waals surface area contributed by atoms with Gasteiger partial charge in [-0.05, 0) is 29.8 Å². The molecule has 20 heavy (non-hydrogen) atoms. The molecule has 3 N–H and O–H groups in total. The van der Waals surface area contributed by atoms with E-state index >= 15 is 0 Å². The first-order valence-electron chi connectivity index (χ1n) is 6.07. The lowest BCUT2D eigenvalue weighted by atomic mass is 10.1. The van der Waals surface area contributed by atoms with Gasteiger partial charge in [-0.1, -0.05) is 42.0 Å². The van der Waals surface area contributed by atoms with Gasteiger partial charge in [-0.2, -0.15) is 0 Å². The second kappa shape index (κ2) is 6.59. The molecule has 0 spiro atoms. The van der Waals surface area contributed by atoms with Crippen molar-refractivity contribution in [3.8, 4) is 5.75 Å². The monoisotopic (exact) mass is 306 g/mol. The van der Waals surface area contributed by atoms with Crippen molar-refractivity contribution in [2.75, 3.05) is 12.4 Å². The summed E-state index contributed by atoms with van der Waals surface area (Å²) in [7, 11) is 1.65. The van der Waals surface area contributed by atoms with Gasteiger partial charge in [0, 0.05) is 12.2 Å². The first-order chi connectivity index (χ1) is 9.61. The number of nitrogens with two attached hydrogens (primary N) is 1. The molecule has 0 atom stereocenters. The van der Waals surface area contributed by atoms with Gasteiger partial charge in [0.1, 0.15) is 10.7 Å². The Morgan fingerprint density at radius 3 is 2.55 bits per heavy atom. The summed E-state index contributed by atoms with van der Waals surface area (Å²) in [5, 5.41) is 3.85. The molecule has 0 fully saturated rings. The van der Waals surface area contributed by atoms with Crippen LogP contribution in [0.1, 0.15) is 11.1 Å². The molecule has 0 aliphatic carbocycles. The van der Waals surface area contributed by atoms with E-state index in [2.05, 4.69) is 5.32 Å². The number of rotatable bonds is 5. The highest BCUT2D eigenvalue weighted by Crippen LogP contribution is 2.25. The Hall–Kier alpha value is -1.78. The number of hydrogen-bond acceptors (Lipinski definition) is 3. The summed E-state index contributed by atoms with van der Waals surface area (Å²) in [4.78, 5) is 0.285. The van der Waals surface area contributed by atoms with Crippen molar-refractivity contribution in [1.29, 1.82) is 0 Å². The topological polar surface area (TPSA) is 47.3 Å². The number of benzene rings is 2. The van der Waals surface area contributed by atoms with E-state index < -0.39 is 0 Å². The lowest BCUT2D eigenvalue weighted by Gasteiger charge is -2.12. The Morgan fingerprint density at radius 2 is 1.95 bits per heavy atom. The Bertz CT molecular complexity index is 614. The Labute approximate surface area is 128 Å². The molecule has 0 bridgehead atoms. The van der Waals surface area contributed by atoms with Crippen LogP contribution in [-0.2, 0) is 6.54 Å². The van der Waals surface area contributed by atoms with Crippen LogP contribution < -0.4 is 15.8 Å². The minimum absolute atomic E-state index is 0.285. The van der Waals surface area contributed by atoms with E-state index in [-0.39, 0.29) is 4.99 Å². The molecule has 3 nitrogen and oxygen atoms in total. The van der Waals surface area contributed by atoms with Crippen molar-refractivity contribution >= 4 is 34.5 Å². The summed E-state index contributed by atoms with van der Waals surface area (Å²) in [6.45, 7) is 0.653. The number of hydrogen-bond donors (Lipinski definition) is 2. The zero-order valence-corrected chi connectivity index (χ0v) is 12.6. The average Bonchev–Trinajstić information content (AvgIpc) is 2.45. The third kappa shape index (κ3) is 3.40. The molecule has 0 radical (unpaired) electrons. The maximum Gasteiger partial charge on any atom is 0.118 e. The van der Waals surface area contributed by atoms with Crippen molar-refractivity contribution in [3.63, 3.8) is 0 Å². The van der Waals surface area contributed by atoms with Gasteiger partial charge < -0.3 is 15.8 Å². The van der Waals surface area contributed by atoms with Crippen LogP contribution in [0, 0.1) is 0 Å². The van der Waals surface area contributed by atoms with Crippen LogP contribution >= 0.6 is 23.8 Å². The van der Waals surface area contributed by atoms with Gasteiger partial charge in [0.25, 0.3) is 0 Å². The number of thiocarbonyl (C=S) groups is 1. The SMILES string of the molecule is COc1ccc(CNc2cccc(Cl)c2C(N)=S)cc1. The molecule has 2 rings (SSSR count). The van der Waals surface area contributed by atoms with Crippen LogP contribution in [0.25, 0.3) is 0 Å². The summed E-state index contributed by atoms with van der Waals surface area (Å²) in [6.07, 6.45) is 0. The van der Waals surface area contributed by atoms with Crippen molar-refractivity contribution in [2.24, 2.45) is 5.73 Å². The van der Waals surface area contributed by atoms with E-state index in [4.69, 9.17) is 34.3 Å². The first kappa shape index (κ1) is 14.6. The fourth-order valence-electron chi connectivity index (χ4n) is 1.86. The van der Waals surface area contributed by atoms with E-state index in [0.717, 1.165) is 17.0 Å². The largest absolute Gasteiger partial charge is 0.497 e. The third-order valence-corrected chi connectivity index (χ3v) is 3.42. The van der Waals surface area contributed by atoms with Crippen LogP contribution in [-0.4, -0.2) is 12.1 Å². The normalized spacial score (nSPS) is 10.1. The fraction of sp³-hybridized carbons (Fsp3) is 0.133. The highest BCUT2D eigenvalue weighted by molar-refractivity contribution is 7.80. The summed E-state index contributed by atoms with van der Waals surface area (Å²) in [5.74, 6) is 0.834. The van der Waals surface area contributed by atoms with E-state index in [9.17, 15) is 0 Å². The van der Waals surface area contributed by atoms with Gasteiger partial charge in [-0.25, -0.2) is 0 Å². The van der Waals surface area contributed by atoms with Crippen LogP contribution in [0.3, 0.4) is 0 Å². The van der Waals surface area contributed by atoms with E-state index in [0.29, 0.717) is 17.1 Å². The van der Waals surface area contributed by atoms with Gasteiger partial charge in [0.05, 0.1) is 17.7 Å². The third-order valence-electron chi connectivity index (χ3n) is 2.90. The second-order valence-electron chi connectivity index (χ2n) is 4.23. The van der Waals surface area contributed by atoms with E-state index in [1.54, 1.807) is 13.2 Å². The molecule has 0 aliphatic heterocycles. The van der Waals surface area contributed by atoms with E-state index in [1.807, 2.05) is 36.4 Å². The minimum Gasteiger partial charge on any atom is -0.497 e. The fourth-order valence-corrected chi connectivity index (χ4v) is 2.41. The minimum atomic E-state index is 0.285. The summed E-state index contributed by atoms with van der Waals surface area (Å²) in [6, 6.07) is 13.4. The number of ether oxygens (including phenoxy) is 1. The zero-order chi connectivity index (χ0) is 14.5. The molecule has 0 unspecified atom stereocenters. The van der Waals surface area contributed by atoms with Crippen LogP contribution in [0.15, 0.2) is 42.5 Å². The maximum absolute atomic E-state index is 6.12. The molecule has 5 heteroatoms. The van der Waals surface area contributed by atoms with Crippen LogP contribution in [0.4, 0.5) is 5.69 Å². The second-order valence-corrected chi connectivity index (χ2v) is 5.08. The van der Waals surface area contributed by atoms with Crippen molar-refractivity contribution < 1.29 is 4.74 Å². The van der Waals surface area contributed by atoms with Gasteiger partial charge in [-0.3, -0.25) is 0 Å². The molecule has 104 valence electrons. The Kier molecular flexibility index (Phi) is 4.82. The summed E-state index contributed by atoms with van der Waals surface area (Å²) in [5.41, 5.74) is 8.35. The Balaban J connectivity index is 2.14. The Morgan fingerprint density at radius 1 is 1.25 bits per heavy atom.